The Kier molecular flexibility index (Phi) is 5.23. The van der Waals surface area contributed by atoms with Gasteiger partial charge in [0, 0.05) is 6.54 Å². The molecule has 0 unspecified atom stereocenters. The number of aryl methyl sites for hydroxylation is 2. The predicted octanol–water partition coefficient (Wildman–Crippen LogP) is 1.16. The van der Waals surface area contributed by atoms with Crippen molar-refractivity contribution in [3.8, 4) is 0 Å². The average molecular weight is 267 g/mol. The van der Waals surface area contributed by atoms with Crippen LogP contribution < -0.4 is 5.32 Å². The van der Waals surface area contributed by atoms with Crippen LogP contribution in [0.25, 0.3) is 0 Å². The molecule has 2 N–H and O–H groups in total. The third kappa shape index (κ3) is 4.20. The van der Waals surface area contributed by atoms with Gasteiger partial charge < -0.3 is 15.2 Å². The first-order valence-electron chi connectivity index (χ1n) is 5.93. The number of nitrogens with one attached hydrogen (secondary N) is 1. The second kappa shape index (κ2) is 6.67. The number of carbonyl (C=O) groups is 2. The van der Waals surface area contributed by atoms with Gasteiger partial charge in [-0.05, 0) is 20.8 Å². The van der Waals surface area contributed by atoms with Gasteiger partial charge in [-0.15, -0.1) is 0 Å². The Morgan fingerprint density at radius 1 is 1.26 bits per heavy atom. The molecule has 7 heteroatoms. The maximum absolute atomic E-state index is 11.1. The number of carbonyl (C=O) groups excluding carboxylic acids is 1. The van der Waals surface area contributed by atoms with Crippen LogP contribution in [-0.4, -0.2) is 40.2 Å². The van der Waals surface area contributed by atoms with Gasteiger partial charge in [0.25, 0.3) is 0 Å². The Hall–Kier alpha value is -2.18. The molecular weight excluding hydrogens is 250 g/mol. The standard InChI is InChI=1S/C12H17N3O4/c1-4-19-9(16)5-6-13-12-14-7(2)10(11(17)18)8(3)15-12/h4-6H2,1-3H3,(H,17,18)(H,13,14,15). The third-order valence-electron chi connectivity index (χ3n) is 2.40. The summed E-state index contributed by atoms with van der Waals surface area (Å²) in [5.74, 6) is -1.04. The third-order valence-corrected chi connectivity index (χ3v) is 2.40. The lowest BCUT2D eigenvalue weighted by Crippen LogP contribution is -2.15. The van der Waals surface area contributed by atoms with E-state index in [2.05, 4.69) is 15.3 Å². The van der Waals surface area contributed by atoms with Crippen LogP contribution in [0.4, 0.5) is 5.95 Å². The Labute approximate surface area is 111 Å². The maximum atomic E-state index is 11.1. The van der Waals surface area contributed by atoms with E-state index in [0.717, 1.165) is 0 Å². The number of aromatic carboxylic acids is 1. The number of hydrogen-bond acceptors (Lipinski definition) is 6. The molecule has 0 atom stereocenters. The Bertz CT molecular complexity index is 465. The van der Waals surface area contributed by atoms with Crippen molar-refractivity contribution in [1.82, 2.24) is 9.97 Å². The fourth-order valence-corrected chi connectivity index (χ4v) is 1.61. The van der Waals surface area contributed by atoms with E-state index in [1.807, 2.05) is 0 Å². The molecule has 0 fully saturated rings. The van der Waals surface area contributed by atoms with E-state index < -0.39 is 5.97 Å². The number of esters is 1. The number of carboxylic acid groups (broad SMARTS) is 1. The van der Waals surface area contributed by atoms with Gasteiger partial charge in [0.1, 0.15) is 5.56 Å². The first kappa shape index (κ1) is 14.9. The van der Waals surface area contributed by atoms with Crippen molar-refractivity contribution in [2.75, 3.05) is 18.5 Å². The van der Waals surface area contributed by atoms with Gasteiger partial charge in [-0.1, -0.05) is 0 Å². The molecule has 0 aliphatic carbocycles. The molecule has 0 saturated heterocycles. The molecule has 0 aliphatic rings. The number of aromatic nitrogens is 2. The van der Waals surface area contributed by atoms with Crippen molar-refractivity contribution in [2.24, 2.45) is 0 Å². The van der Waals surface area contributed by atoms with E-state index in [1.165, 1.54) is 0 Å². The number of ether oxygens (including phenoxy) is 1. The zero-order valence-electron chi connectivity index (χ0n) is 11.2. The van der Waals surface area contributed by atoms with Crippen LogP contribution in [0.2, 0.25) is 0 Å². The molecule has 1 aromatic heterocycles. The van der Waals surface area contributed by atoms with E-state index in [-0.39, 0.29) is 18.0 Å². The predicted molar refractivity (Wildman–Crippen MR) is 68.2 cm³/mol. The van der Waals surface area contributed by atoms with Crippen LogP contribution in [-0.2, 0) is 9.53 Å². The fourth-order valence-electron chi connectivity index (χ4n) is 1.61. The van der Waals surface area contributed by atoms with E-state index in [0.29, 0.717) is 30.5 Å². The van der Waals surface area contributed by atoms with Gasteiger partial charge in [0.05, 0.1) is 24.4 Å². The number of anilines is 1. The second-order valence-electron chi connectivity index (χ2n) is 3.88. The van der Waals surface area contributed by atoms with Crippen LogP contribution in [0.1, 0.15) is 35.1 Å². The van der Waals surface area contributed by atoms with Crippen LogP contribution in [0.15, 0.2) is 0 Å². The average Bonchev–Trinajstić information content (AvgIpc) is 2.27. The smallest absolute Gasteiger partial charge is 0.339 e. The summed E-state index contributed by atoms with van der Waals surface area (Å²) in [7, 11) is 0. The topological polar surface area (TPSA) is 101 Å². The molecule has 0 saturated carbocycles. The second-order valence-corrected chi connectivity index (χ2v) is 3.88. The van der Waals surface area contributed by atoms with Crippen LogP contribution in [0.3, 0.4) is 0 Å². The highest BCUT2D eigenvalue weighted by atomic mass is 16.5. The number of nitrogens with zero attached hydrogens (tertiary/aromatic N) is 2. The molecule has 7 nitrogen and oxygen atoms in total. The Morgan fingerprint density at radius 3 is 2.32 bits per heavy atom. The van der Waals surface area contributed by atoms with Gasteiger partial charge in [-0.2, -0.15) is 0 Å². The summed E-state index contributed by atoms with van der Waals surface area (Å²) in [6.07, 6.45) is 0.204. The first-order valence-corrected chi connectivity index (χ1v) is 5.93. The van der Waals surface area contributed by atoms with Crippen molar-refractivity contribution >= 4 is 17.9 Å². The van der Waals surface area contributed by atoms with E-state index in [4.69, 9.17) is 9.84 Å². The normalized spacial score (nSPS) is 10.1. The van der Waals surface area contributed by atoms with Gasteiger partial charge >= 0.3 is 11.9 Å². The zero-order valence-corrected chi connectivity index (χ0v) is 11.2. The minimum absolute atomic E-state index is 0.107. The summed E-state index contributed by atoms with van der Waals surface area (Å²) >= 11 is 0. The molecule has 1 rings (SSSR count). The molecule has 19 heavy (non-hydrogen) atoms. The van der Waals surface area contributed by atoms with Crippen molar-refractivity contribution in [2.45, 2.75) is 27.2 Å². The molecule has 0 radical (unpaired) electrons. The van der Waals surface area contributed by atoms with Crippen molar-refractivity contribution in [3.63, 3.8) is 0 Å². The van der Waals surface area contributed by atoms with Gasteiger partial charge in [-0.3, -0.25) is 4.79 Å². The largest absolute Gasteiger partial charge is 0.478 e. The highest BCUT2D eigenvalue weighted by Crippen LogP contribution is 2.12. The zero-order chi connectivity index (χ0) is 14.4. The van der Waals surface area contributed by atoms with Gasteiger partial charge in [-0.25, -0.2) is 14.8 Å². The molecule has 0 spiro atoms. The molecular formula is C12H17N3O4. The summed E-state index contributed by atoms with van der Waals surface area (Å²) in [5.41, 5.74) is 0.883. The number of carboxylic acids is 1. The van der Waals surface area contributed by atoms with Crippen LogP contribution >= 0.6 is 0 Å². The van der Waals surface area contributed by atoms with Gasteiger partial charge in [0.2, 0.25) is 5.95 Å². The molecule has 1 heterocycles. The molecule has 0 aliphatic heterocycles. The lowest BCUT2D eigenvalue weighted by Gasteiger charge is -2.09. The van der Waals surface area contributed by atoms with Crippen molar-refractivity contribution in [3.05, 3.63) is 17.0 Å². The highest BCUT2D eigenvalue weighted by Gasteiger charge is 2.14. The van der Waals surface area contributed by atoms with Crippen molar-refractivity contribution < 1.29 is 19.4 Å². The van der Waals surface area contributed by atoms with E-state index in [9.17, 15) is 9.59 Å². The summed E-state index contributed by atoms with van der Waals surface area (Å²) < 4.78 is 4.78. The highest BCUT2D eigenvalue weighted by molar-refractivity contribution is 5.90. The summed E-state index contributed by atoms with van der Waals surface area (Å²) in [5, 5.41) is 11.8. The molecule has 0 aromatic carbocycles. The lowest BCUT2D eigenvalue weighted by atomic mass is 10.2. The molecule has 1 aromatic rings. The van der Waals surface area contributed by atoms with Crippen LogP contribution in [0.5, 0.6) is 0 Å². The molecule has 0 bridgehead atoms. The minimum Gasteiger partial charge on any atom is -0.478 e. The minimum atomic E-state index is -1.05. The SMILES string of the molecule is CCOC(=O)CCNc1nc(C)c(C(=O)O)c(C)n1. The Balaban J connectivity index is 2.66. The Morgan fingerprint density at radius 2 is 1.84 bits per heavy atom. The fraction of sp³-hybridized carbons (Fsp3) is 0.500. The maximum Gasteiger partial charge on any atom is 0.339 e. The quantitative estimate of drug-likeness (QED) is 0.745. The summed E-state index contributed by atoms with van der Waals surface area (Å²) in [6, 6.07) is 0. The van der Waals surface area contributed by atoms with Crippen LogP contribution in [0, 0.1) is 13.8 Å². The van der Waals surface area contributed by atoms with Crippen molar-refractivity contribution in [1.29, 1.82) is 0 Å². The summed E-state index contributed by atoms with van der Waals surface area (Å²) in [4.78, 5) is 30.2. The van der Waals surface area contributed by atoms with E-state index >= 15 is 0 Å². The molecule has 0 amide bonds. The van der Waals surface area contributed by atoms with E-state index in [1.54, 1.807) is 20.8 Å². The van der Waals surface area contributed by atoms with Gasteiger partial charge in [0.15, 0.2) is 0 Å². The lowest BCUT2D eigenvalue weighted by molar-refractivity contribution is -0.142. The first-order chi connectivity index (χ1) is 8.95. The molecule has 104 valence electrons. The number of hydrogen-bond donors (Lipinski definition) is 2. The number of rotatable bonds is 6. The monoisotopic (exact) mass is 267 g/mol. The summed E-state index contributed by atoms with van der Waals surface area (Å²) in [6.45, 7) is 5.64.